The van der Waals surface area contributed by atoms with Gasteiger partial charge in [0, 0.05) is 17.6 Å². The molecule has 0 saturated heterocycles. The van der Waals surface area contributed by atoms with Gasteiger partial charge < -0.3 is 10.6 Å². The Morgan fingerprint density at radius 3 is 2.37 bits per heavy atom. The van der Waals surface area contributed by atoms with Crippen molar-refractivity contribution >= 4 is 23.1 Å². The minimum absolute atomic E-state index is 0.120. The summed E-state index contributed by atoms with van der Waals surface area (Å²) in [5.41, 5.74) is 2.81. The molecule has 0 spiro atoms. The van der Waals surface area contributed by atoms with Gasteiger partial charge in [0.15, 0.2) is 0 Å². The lowest BCUT2D eigenvalue weighted by atomic mass is 9.83. The largest absolute Gasteiger partial charge is 0.421 e. The molecule has 0 bridgehead atoms. The number of nitrogens with one attached hydrogen (secondary N) is 2. The standard InChI is InChI=1S/C28H33F3N4/c1-2-3-5-10-20-15-17-22(18-16-20)33-27-32-19-24(28(29,30)31)26(35-27)34-25-14-9-8-13-23(25)21-11-6-4-7-12-21/h8-9,13-19,21H,2-7,10-12H2,1H3,(H2,32,33,34,35). The van der Waals surface area contributed by atoms with Crippen molar-refractivity contribution in [1.82, 2.24) is 9.97 Å². The molecule has 0 unspecified atom stereocenters. The lowest BCUT2D eigenvalue weighted by Gasteiger charge is -2.25. The normalized spacial score (nSPS) is 14.6. The van der Waals surface area contributed by atoms with Crippen LogP contribution in [-0.2, 0) is 12.6 Å². The predicted molar refractivity (Wildman–Crippen MR) is 136 cm³/mol. The van der Waals surface area contributed by atoms with Crippen LogP contribution in [-0.4, -0.2) is 9.97 Å². The van der Waals surface area contributed by atoms with Gasteiger partial charge in [0.25, 0.3) is 0 Å². The summed E-state index contributed by atoms with van der Waals surface area (Å²) in [5.74, 6) is 0.223. The summed E-state index contributed by atoms with van der Waals surface area (Å²) < 4.78 is 41.4. The molecule has 0 amide bonds. The van der Waals surface area contributed by atoms with Crippen LogP contribution in [0.5, 0.6) is 0 Å². The Bertz CT molecular complexity index is 1090. The Morgan fingerprint density at radius 1 is 0.914 bits per heavy atom. The molecule has 0 aliphatic heterocycles. The fraction of sp³-hybridized carbons (Fsp3) is 0.429. The molecule has 7 heteroatoms. The Balaban J connectivity index is 1.57. The molecule has 186 valence electrons. The average Bonchev–Trinajstić information content (AvgIpc) is 2.86. The maximum Gasteiger partial charge on any atom is 0.421 e. The van der Waals surface area contributed by atoms with Gasteiger partial charge in [0.1, 0.15) is 11.4 Å². The Kier molecular flexibility index (Phi) is 8.26. The third-order valence-electron chi connectivity index (χ3n) is 6.63. The Morgan fingerprint density at radius 2 is 1.66 bits per heavy atom. The molecule has 1 fully saturated rings. The first-order chi connectivity index (χ1) is 16.9. The summed E-state index contributed by atoms with van der Waals surface area (Å²) in [5, 5.41) is 6.05. The van der Waals surface area contributed by atoms with Crippen molar-refractivity contribution < 1.29 is 13.2 Å². The number of nitrogens with zero attached hydrogens (tertiary/aromatic N) is 2. The first kappa shape index (κ1) is 25.0. The monoisotopic (exact) mass is 482 g/mol. The number of hydrogen-bond acceptors (Lipinski definition) is 4. The highest BCUT2D eigenvalue weighted by Gasteiger charge is 2.35. The quantitative estimate of drug-likeness (QED) is 0.299. The third-order valence-corrected chi connectivity index (χ3v) is 6.63. The van der Waals surface area contributed by atoms with E-state index in [0.717, 1.165) is 56.0 Å². The predicted octanol–water partition coefficient (Wildman–Crippen LogP) is 8.76. The molecule has 35 heavy (non-hydrogen) atoms. The molecule has 1 aliphatic carbocycles. The molecule has 4 rings (SSSR count). The second-order valence-corrected chi connectivity index (χ2v) is 9.28. The van der Waals surface area contributed by atoms with E-state index in [-0.39, 0.29) is 11.8 Å². The number of hydrogen-bond donors (Lipinski definition) is 2. The van der Waals surface area contributed by atoms with E-state index in [1.54, 1.807) is 0 Å². The average molecular weight is 483 g/mol. The number of aryl methyl sites for hydroxylation is 1. The zero-order valence-electron chi connectivity index (χ0n) is 20.2. The molecule has 3 aromatic rings. The van der Waals surface area contributed by atoms with Crippen LogP contribution in [0.1, 0.15) is 80.9 Å². The van der Waals surface area contributed by atoms with Crippen molar-refractivity contribution in [3.63, 3.8) is 0 Å². The van der Waals surface area contributed by atoms with Gasteiger partial charge >= 0.3 is 6.18 Å². The van der Waals surface area contributed by atoms with Crippen LogP contribution in [0.15, 0.2) is 54.7 Å². The number of aromatic nitrogens is 2. The fourth-order valence-corrected chi connectivity index (χ4v) is 4.72. The highest BCUT2D eigenvalue weighted by atomic mass is 19.4. The number of anilines is 4. The van der Waals surface area contributed by atoms with E-state index in [1.807, 2.05) is 48.5 Å². The minimum Gasteiger partial charge on any atom is -0.339 e. The molecule has 1 aliphatic rings. The van der Waals surface area contributed by atoms with Crippen molar-refractivity contribution in [2.45, 2.75) is 76.8 Å². The van der Waals surface area contributed by atoms with E-state index in [9.17, 15) is 13.2 Å². The van der Waals surface area contributed by atoms with E-state index in [2.05, 4.69) is 27.5 Å². The summed E-state index contributed by atoms with van der Waals surface area (Å²) in [6.45, 7) is 2.18. The van der Waals surface area contributed by atoms with Crippen LogP contribution in [0.3, 0.4) is 0 Å². The van der Waals surface area contributed by atoms with Crippen molar-refractivity contribution in [3.05, 3.63) is 71.4 Å². The van der Waals surface area contributed by atoms with Crippen molar-refractivity contribution in [3.8, 4) is 0 Å². The first-order valence-electron chi connectivity index (χ1n) is 12.6. The van der Waals surface area contributed by atoms with Gasteiger partial charge in [-0.3, -0.25) is 0 Å². The van der Waals surface area contributed by atoms with Gasteiger partial charge in [-0.25, -0.2) is 4.98 Å². The summed E-state index contributed by atoms with van der Waals surface area (Å²) in [7, 11) is 0. The molecule has 0 radical (unpaired) electrons. The topological polar surface area (TPSA) is 49.8 Å². The van der Waals surface area contributed by atoms with Gasteiger partial charge in [-0.05, 0) is 60.9 Å². The molecule has 2 N–H and O–H groups in total. The van der Waals surface area contributed by atoms with Crippen LogP contribution in [0.4, 0.5) is 36.3 Å². The molecular formula is C28H33F3N4. The van der Waals surface area contributed by atoms with Crippen LogP contribution in [0.25, 0.3) is 0 Å². The number of para-hydroxylation sites is 1. The Labute approximate surface area is 205 Å². The summed E-state index contributed by atoms with van der Waals surface area (Å²) in [4.78, 5) is 8.20. The van der Waals surface area contributed by atoms with Crippen molar-refractivity contribution in [2.24, 2.45) is 0 Å². The number of benzene rings is 2. The van der Waals surface area contributed by atoms with E-state index in [4.69, 9.17) is 0 Å². The second kappa shape index (κ2) is 11.6. The number of unbranched alkanes of at least 4 members (excludes halogenated alkanes) is 2. The number of halogens is 3. The first-order valence-corrected chi connectivity index (χ1v) is 12.6. The molecular weight excluding hydrogens is 449 g/mol. The maximum atomic E-state index is 13.8. The van der Waals surface area contributed by atoms with Gasteiger partial charge in [0.2, 0.25) is 5.95 Å². The van der Waals surface area contributed by atoms with Crippen LogP contribution >= 0.6 is 0 Å². The highest BCUT2D eigenvalue weighted by molar-refractivity contribution is 5.66. The molecule has 1 heterocycles. The van der Waals surface area contributed by atoms with E-state index >= 15 is 0 Å². The van der Waals surface area contributed by atoms with E-state index in [0.29, 0.717) is 11.6 Å². The second-order valence-electron chi connectivity index (χ2n) is 9.28. The smallest absolute Gasteiger partial charge is 0.339 e. The van der Waals surface area contributed by atoms with Gasteiger partial charge in [-0.1, -0.05) is 69.4 Å². The van der Waals surface area contributed by atoms with Gasteiger partial charge in [0.05, 0.1) is 0 Å². The molecule has 2 aromatic carbocycles. The molecule has 1 aromatic heterocycles. The number of alkyl halides is 3. The Hall–Kier alpha value is -3.09. The van der Waals surface area contributed by atoms with E-state index < -0.39 is 11.7 Å². The molecule has 0 atom stereocenters. The third kappa shape index (κ3) is 6.74. The van der Waals surface area contributed by atoms with Crippen LogP contribution in [0, 0.1) is 0 Å². The maximum absolute atomic E-state index is 13.8. The van der Waals surface area contributed by atoms with Crippen LogP contribution in [0.2, 0.25) is 0 Å². The van der Waals surface area contributed by atoms with Crippen LogP contribution < -0.4 is 10.6 Å². The molecule has 1 saturated carbocycles. The lowest BCUT2D eigenvalue weighted by molar-refractivity contribution is -0.137. The summed E-state index contributed by atoms with van der Waals surface area (Å²) in [6, 6.07) is 15.5. The summed E-state index contributed by atoms with van der Waals surface area (Å²) in [6.07, 6.45) is 6.41. The summed E-state index contributed by atoms with van der Waals surface area (Å²) >= 11 is 0. The van der Waals surface area contributed by atoms with Crippen molar-refractivity contribution in [1.29, 1.82) is 0 Å². The minimum atomic E-state index is -4.57. The van der Waals surface area contributed by atoms with E-state index in [1.165, 1.54) is 24.8 Å². The van der Waals surface area contributed by atoms with Crippen molar-refractivity contribution in [2.75, 3.05) is 10.6 Å². The zero-order valence-corrected chi connectivity index (χ0v) is 20.2. The van der Waals surface area contributed by atoms with Gasteiger partial charge in [-0.2, -0.15) is 18.2 Å². The SMILES string of the molecule is CCCCCc1ccc(Nc2ncc(C(F)(F)F)c(Nc3ccccc3C3CCCCC3)n2)cc1. The fourth-order valence-electron chi connectivity index (χ4n) is 4.72. The number of rotatable bonds is 9. The highest BCUT2D eigenvalue weighted by Crippen LogP contribution is 2.39. The molecule has 4 nitrogen and oxygen atoms in total. The van der Waals surface area contributed by atoms with Gasteiger partial charge in [-0.15, -0.1) is 0 Å². The lowest BCUT2D eigenvalue weighted by Crippen LogP contribution is -2.14. The zero-order chi connectivity index (χ0) is 24.7.